The molecule has 0 aromatic carbocycles. The Kier molecular flexibility index (Phi) is 5.38. The lowest BCUT2D eigenvalue weighted by molar-refractivity contribution is -0.108. The maximum absolute atomic E-state index is 11.6. The number of carbonyl (C=O) groups is 2. The van der Waals surface area contributed by atoms with Crippen LogP contribution in [0.3, 0.4) is 0 Å². The molecule has 0 spiro atoms. The normalized spacial score (nSPS) is 11.6. The molecule has 0 saturated heterocycles. The molecule has 1 unspecified atom stereocenters. The number of rotatable bonds is 7. The van der Waals surface area contributed by atoms with Gasteiger partial charge in [-0.15, -0.1) is 0 Å². The number of aldehydes is 1. The Morgan fingerprint density at radius 3 is 2.83 bits per heavy atom. The zero-order valence-corrected chi connectivity index (χ0v) is 13.4. The third kappa shape index (κ3) is 4.02. The number of nitrogens with two attached hydrogens (primary N) is 2. The van der Waals surface area contributed by atoms with Gasteiger partial charge < -0.3 is 15.8 Å². The summed E-state index contributed by atoms with van der Waals surface area (Å²) >= 11 is 0. The van der Waals surface area contributed by atoms with E-state index in [9.17, 15) is 9.59 Å². The van der Waals surface area contributed by atoms with Gasteiger partial charge in [-0.05, 0) is 31.5 Å². The van der Waals surface area contributed by atoms with E-state index in [1.165, 1.54) is 11.2 Å². The number of carbonyl (C=O) groups excluding carboxylic acids is 2. The predicted molar refractivity (Wildman–Crippen MR) is 89.6 cm³/mol. The average Bonchev–Trinajstić information content (AvgIpc) is 2.54. The highest BCUT2D eigenvalue weighted by Crippen LogP contribution is 2.20. The smallest absolute Gasteiger partial charge is 0.271 e. The highest BCUT2D eigenvalue weighted by atomic mass is 16.1. The molecule has 2 aromatic heterocycles. The Labute approximate surface area is 139 Å². The van der Waals surface area contributed by atoms with Crippen molar-refractivity contribution < 1.29 is 9.59 Å². The first-order chi connectivity index (χ1) is 11.4. The molecular formula is C15H19N7O2. The fraction of sp³-hybridized carbons (Fsp3) is 0.267. The lowest BCUT2D eigenvalue weighted by atomic mass is 10.2. The molecule has 9 heteroatoms. The Morgan fingerprint density at radius 2 is 2.21 bits per heavy atom. The van der Waals surface area contributed by atoms with Crippen LogP contribution in [0.2, 0.25) is 0 Å². The number of nitrogens with one attached hydrogen (secondary N) is 1. The summed E-state index contributed by atoms with van der Waals surface area (Å²) < 4.78 is 0. The molecule has 1 atom stereocenters. The van der Waals surface area contributed by atoms with Gasteiger partial charge in [-0.25, -0.2) is 20.8 Å². The van der Waals surface area contributed by atoms with E-state index >= 15 is 0 Å². The van der Waals surface area contributed by atoms with Crippen LogP contribution in [0.4, 0.5) is 17.5 Å². The number of aromatic nitrogens is 3. The predicted octanol–water partition coefficient (Wildman–Crippen LogP) is 0.680. The lowest BCUT2D eigenvalue weighted by Gasteiger charge is -2.24. The van der Waals surface area contributed by atoms with E-state index < -0.39 is 5.91 Å². The highest BCUT2D eigenvalue weighted by Gasteiger charge is 2.18. The maximum Gasteiger partial charge on any atom is 0.271 e. The van der Waals surface area contributed by atoms with Crippen LogP contribution in [0.25, 0.3) is 0 Å². The third-order valence-electron chi connectivity index (χ3n) is 3.33. The minimum atomic E-state index is -0.728. The minimum absolute atomic E-state index is 0.0292. The highest BCUT2D eigenvalue weighted by molar-refractivity contribution is 5.96. The summed E-state index contributed by atoms with van der Waals surface area (Å²) in [6, 6.07) is 3.35. The van der Waals surface area contributed by atoms with Crippen LogP contribution in [-0.4, -0.2) is 33.2 Å². The van der Waals surface area contributed by atoms with Crippen LogP contribution in [0, 0.1) is 6.92 Å². The topological polar surface area (TPSA) is 140 Å². The number of anilines is 3. The molecule has 0 aliphatic carbocycles. The molecule has 0 aliphatic rings. The third-order valence-corrected chi connectivity index (χ3v) is 3.33. The van der Waals surface area contributed by atoms with Gasteiger partial charge in [0.1, 0.15) is 12.1 Å². The van der Waals surface area contributed by atoms with Gasteiger partial charge in [-0.3, -0.25) is 9.80 Å². The van der Waals surface area contributed by atoms with Crippen LogP contribution in [0.5, 0.6) is 0 Å². The van der Waals surface area contributed by atoms with Crippen molar-refractivity contribution in [1.29, 1.82) is 0 Å². The van der Waals surface area contributed by atoms with Gasteiger partial charge in [0.15, 0.2) is 17.3 Å². The van der Waals surface area contributed by atoms with Crippen molar-refractivity contribution in [1.82, 2.24) is 15.0 Å². The Balaban J connectivity index is 2.38. The monoisotopic (exact) mass is 329 g/mol. The van der Waals surface area contributed by atoms with Crippen LogP contribution in [0.1, 0.15) is 29.4 Å². The molecule has 0 fully saturated rings. The molecule has 0 radical (unpaired) electrons. The molecule has 9 nitrogen and oxygen atoms in total. The van der Waals surface area contributed by atoms with Crippen LogP contribution >= 0.6 is 0 Å². The Hall–Kier alpha value is -3.07. The zero-order chi connectivity index (χ0) is 17.7. The zero-order valence-electron chi connectivity index (χ0n) is 13.4. The SMILES string of the molecule is Cc1ccnc(Nc2nc(N(N)C(C)CC=O)cnc2C(N)=O)c1. The van der Waals surface area contributed by atoms with Gasteiger partial charge in [0.25, 0.3) is 5.91 Å². The van der Waals surface area contributed by atoms with E-state index in [1.807, 2.05) is 13.0 Å². The summed E-state index contributed by atoms with van der Waals surface area (Å²) in [6.07, 6.45) is 3.96. The largest absolute Gasteiger partial charge is 0.364 e. The van der Waals surface area contributed by atoms with Gasteiger partial charge in [0.05, 0.1) is 12.2 Å². The molecule has 0 saturated carbocycles. The molecule has 2 rings (SSSR count). The van der Waals surface area contributed by atoms with Crippen molar-refractivity contribution in [2.24, 2.45) is 11.6 Å². The second-order valence-electron chi connectivity index (χ2n) is 5.29. The molecule has 2 heterocycles. The van der Waals surface area contributed by atoms with Gasteiger partial charge in [-0.1, -0.05) is 0 Å². The van der Waals surface area contributed by atoms with E-state index in [4.69, 9.17) is 11.6 Å². The number of hydrazine groups is 1. The van der Waals surface area contributed by atoms with E-state index in [2.05, 4.69) is 20.3 Å². The van der Waals surface area contributed by atoms with Crippen LogP contribution in [-0.2, 0) is 4.79 Å². The van der Waals surface area contributed by atoms with E-state index in [1.54, 1.807) is 19.2 Å². The summed E-state index contributed by atoms with van der Waals surface area (Å²) in [6.45, 7) is 3.68. The van der Waals surface area contributed by atoms with Crippen molar-refractivity contribution in [3.63, 3.8) is 0 Å². The lowest BCUT2D eigenvalue weighted by Crippen LogP contribution is -2.40. The Bertz CT molecular complexity index is 750. The van der Waals surface area contributed by atoms with Gasteiger partial charge in [0, 0.05) is 12.6 Å². The number of aryl methyl sites for hydroxylation is 1. The fourth-order valence-corrected chi connectivity index (χ4v) is 1.98. The van der Waals surface area contributed by atoms with E-state index in [0.29, 0.717) is 11.6 Å². The van der Waals surface area contributed by atoms with Crippen molar-refractivity contribution in [2.75, 3.05) is 10.3 Å². The molecule has 126 valence electrons. The number of primary amides is 1. The number of amides is 1. The molecule has 0 aliphatic heterocycles. The van der Waals surface area contributed by atoms with E-state index in [0.717, 1.165) is 11.8 Å². The average molecular weight is 329 g/mol. The summed E-state index contributed by atoms with van der Waals surface area (Å²) in [5, 5.41) is 4.23. The van der Waals surface area contributed by atoms with Crippen LogP contribution in [0.15, 0.2) is 24.5 Å². The summed E-state index contributed by atoms with van der Waals surface area (Å²) in [5.74, 6) is 6.16. The van der Waals surface area contributed by atoms with Crippen molar-refractivity contribution >= 4 is 29.6 Å². The second kappa shape index (κ2) is 7.47. The van der Waals surface area contributed by atoms with Crippen molar-refractivity contribution in [3.05, 3.63) is 35.8 Å². The quantitative estimate of drug-likeness (QED) is 0.382. The molecule has 24 heavy (non-hydrogen) atoms. The number of hydrogen-bond acceptors (Lipinski definition) is 8. The van der Waals surface area contributed by atoms with Crippen molar-refractivity contribution in [2.45, 2.75) is 26.3 Å². The maximum atomic E-state index is 11.6. The van der Waals surface area contributed by atoms with Gasteiger partial charge >= 0.3 is 0 Å². The first-order valence-electron chi connectivity index (χ1n) is 7.26. The number of hydrogen-bond donors (Lipinski definition) is 3. The first-order valence-corrected chi connectivity index (χ1v) is 7.26. The molecular weight excluding hydrogens is 310 g/mol. The molecule has 5 N–H and O–H groups in total. The van der Waals surface area contributed by atoms with Gasteiger partial charge in [-0.2, -0.15) is 0 Å². The first kappa shape index (κ1) is 17.3. The van der Waals surface area contributed by atoms with Gasteiger partial charge in [0.2, 0.25) is 0 Å². The van der Waals surface area contributed by atoms with E-state index in [-0.39, 0.29) is 24.0 Å². The Morgan fingerprint density at radius 1 is 1.46 bits per heavy atom. The second-order valence-corrected chi connectivity index (χ2v) is 5.29. The standard InChI is InChI=1S/C15H19N7O2/c1-9-3-5-18-11(7-9)20-15-13(14(16)24)19-8-12(21-15)22(17)10(2)4-6-23/h3,5-8,10H,4,17H2,1-2H3,(H2,16,24)(H,18,20,21). The summed E-state index contributed by atoms with van der Waals surface area (Å²) in [4.78, 5) is 34.7. The fourth-order valence-electron chi connectivity index (χ4n) is 1.98. The molecule has 1 amide bonds. The van der Waals surface area contributed by atoms with Crippen LogP contribution < -0.4 is 21.9 Å². The molecule has 0 bridgehead atoms. The summed E-state index contributed by atoms with van der Waals surface area (Å²) in [7, 11) is 0. The summed E-state index contributed by atoms with van der Waals surface area (Å²) in [5.41, 5.74) is 6.29. The number of nitrogens with zero attached hydrogens (tertiary/aromatic N) is 4. The van der Waals surface area contributed by atoms with Crippen molar-refractivity contribution in [3.8, 4) is 0 Å². The minimum Gasteiger partial charge on any atom is -0.364 e. The molecule has 2 aromatic rings. The number of pyridine rings is 1.